The average molecular weight is 357 g/mol. The number of nitriles is 1. The third-order valence-electron chi connectivity index (χ3n) is 4.66. The first-order chi connectivity index (χ1) is 12.6. The fourth-order valence-corrected chi connectivity index (χ4v) is 3.37. The Hall–Kier alpha value is -2.55. The summed E-state index contributed by atoms with van der Waals surface area (Å²) in [5, 5.41) is 14.1. The highest BCUT2D eigenvalue weighted by molar-refractivity contribution is 5.97. The molecule has 1 aliphatic carbocycles. The van der Waals surface area contributed by atoms with Gasteiger partial charge >= 0.3 is 0 Å². The summed E-state index contributed by atoms with van der Waals surface area (Å²) in [6.45, 7) is 2.34. The molecule has 2 rings (SSSR count). The molecule has 0 aromatic heterocycles. The number of nitrogens with zero attached hydrogens (tertiary/aromatic N) is 1. The minimum atomic E-state index is -0.630. The topological polar surface area (TPSA) is 91.2 Å². The largest absolute Gasteiger partial charge is 0.494 e. The van der Waals surface area contributed by atoms with Gasteiger partial charge in [0.1, 0.15) is 18.3 Å². The Morgan fingerprint density at radius 3 is 2.77 bits per heavy atom. The third kappa shape index (κ3) is 6.07. The van der Waals surface area contributed by atoms with Gasteiger partial charge in [0.05, 0.1) is 12.7 Å². The van der Waals surface area contributed by atoms with Crippen LogP contribution in [0.2, 0.25) is 0 Å². The minimum absolute atomic E-state index is 0.0598. The number of hydrogen-bond donors (Lipinski definition) is 2. The Morgan fingerprint density at radius 2 is 2.08 bits per heavy atom. The summed E-state index contributed by atoms with van der Waals surface area (Å²) in [4.78, 5) is 25.0. The van der Waals surface area contributed by atoms with E-state index in [0.717, 1.165) is 12.8 Å². The molecule has 1 fully saturated rings. The molecule has 0 saturated heterocycles. The van der Waals surface area contributed by atoms with Crippen molar-refractivity contribution in [2.75, 3.05) is 13.2 Å². The van der Waals surface area contributed by atoms with Crippen molar-refractivity contribution in [2.45, 2.75) is 51.5 Å². The van der Waals surface area contributed by atoms with Crippen LogP contribution in [0.4, 0.5) is 0 Å². The molecule has 0 heterocycles. The van der Waals surface area contributed by atoms with Crippen molar-refractivity contribution in [3.63, 3.8) is 0 Å². The van der Waals surface area contributed by atoms with Gasteiger partial charge in [0.2, 0.25) is 5.91 Å². The van der Waals surface area contributed by atoms with Crippen LogP contribution < -0.4 is 15.4 Å². The fraction of sp³-hybridized carbons (Fsp3) is 0.550. The standard InChI is InChI=1S/C20H27N3O3/c1-2-26-17-10-6-9-16(14-17)19(24)23-18(20(25)22-12-11-21)13-15-7-4-3-5-8-15/h6,9-10,14-15,18H,2-5,7-8,12-13H2,1H3,(H,22,25)(H,23,24)/t18-/m0/s1. The molecule has 140 valence electrons. The van der Waals surface area contributed by atoms with E-state index in [0.29, 0.717) is 30.3 Å². The van der Waals surface area contributed by atoms with E-state index in [1.165, 1.54) is 19.3 Å². The van der Waals surface area contributed by atoms with E-state index < -0.39 is 6.04 Å². The van der Waals surface area contributed by atoms with E-state index >= 15 is 0 Å². The van der Waals surface area contributed by atoms with E-state index in [4.69, 9.17) is 10.00 Å². The van der Waals surface area contributed by atoms with Gasteiger partial charge in [0.25, 0.3) is 5.91 Å². The lowest BCUT2D eigenvalue weighted by molar-refractivity contribution is -0.123. The van der Waals surface area contributed by atoms with Crippen LogP contribution in [-0.2, 0) is 4.79 Å². The molecule has 0 radical (unpaired) electrons. The summed E-state index contributed by atoms with van der Waals surface area (Å²) < 4.78 is 5.43. The molecule has 2 amide bonds. The lowest BCUT2D eigenvalue weighted by Gasteiger charge is -2.26. The molecular weight excluding hydrogens is 330 g/mol. The monoisotopic (exact) mass is 357 g/mol. The SMILES string of the molecule is CCOc1cccc(C(=O)N[C@@H](CC2CCCCC2)C(=O)NCC#N)c1. The molecule has 1 aromatic rings. The highest BCUT2D eigenvalue weighted by atomic mass is 16.5. The molecule has 1 aliphatic rings. The number of carbonyl (C=O) groups is 2. The van der Waals surface area contributed by atoms with E-state index in [1.807, 2.05) is 13.0 Å². The van der Waals surface area contributed by atoms with Gasteiger partial charge < -0.3 is 15.4 Å². The summed E-state index contributed by atoms with van der Waals surface area (Å²) >= 11 is 0. The van der Waals surface area contributed by atoms with Crippen LogP contribution in [0.15, 0.2) is 24.3 Å². The number of rotatable bonds is 8. The van der Waals surface area contributed by atoms with Gasteiger partial charge in [-0.3, -0.25) is 9.59 Å². The van der Waals surface area contributed by atoms with Crippen molar-refractivity contribution in [3.05, 3.63) is 29.8 Å². The summed E-state index contributed by atoms with van der Waals surface area (Å²) in [5.74, 6) is 0.445. The van der Waals surface area contributed by atoms with Crippen LogP contribution >= 0.6 is 0 Å². The van der Waals surface area contributed by atoms with Crippen molar-refractivity contribution in [2.24, 2.45) is 5.92 Å². The number of hydrogen-bond acceptors (Lipinski definition) is 4. The molecule has 0 unspecified atom stereocenters. The Bertz CT molecular complexity index is 648. The number of ether oxygens (including phenoxy) is 1. The maximum atomic E-state index is 12.6. The summed E-state index contributed by atoms with van der Waals surface area (Å²) in [6, 6.07) is 8.19. The van der Waals surface area contributed by atoms with E-state index in [2.05, 4.69) is 10.6 Å². The molecule has 1 saturated carbocycles. The first-order valence-corrected chi connectivity index (χ1v) is 9.32. The van der Waals surface area contributed by atoms with Crippen LogP contribution in [0.1, 0.15) is 55.8 Å². The summed E-state index contributed by atoms with van der Waals surface area (Å²) in [5.41, 5.74) is 0.456. The molecular formula is C20H27N3O3. The quantitative estimate of drug-likeness (QED) is 0.700. The molecule has 6 nitrogen and oxygen atoms in total. The molecule has 0 spiro atoms. The normalized spacial score (nSPS) is 15.5. The van der Waals surface area contributed by atoms with Crippen LogP contribution in [0.3, 0.4) is 0 Å². The zero-order valence-corrected chi connectivity index (χ0v) is 15.3. The van der Waals surface area contributed by atoms with E-state index in [1.54, 1.807) is 24.3 Å². The first-order valence-electron chi connectivity index (χ1n) is 9.32. The van der Waals surface area contributed by atoms with Crippen molar-refractivity contribution < 1.29 is 14.3 Å². The molecule has 0 bridgehead atoms. The van der Waals surface area contributed by atoms with Crippen LogP contribution in [-0.4, -0.2) is 31.0 Å². The van der Waals surface area contributed by atoms with Gasteiger partial charge in [-0.05, 0) is 37.5 Å². The predicted octanol–water partition coefficient (Wildman–Crippen LogP) is 2.79. The van der Waals surface area contributed by atoms with Gasteiger partial charge in [-0.25, -0.2) is 0 Å². The van der Waals surface area contributed by atoms with Crippen molar-refractivity contribution in [1.82, 2.24) is 10.6 Å². The number of benzene rings is 1. The summed E-state index contributed by atoms with van der Waals surface area (Å²) in [6.07, 6.45) is 6.34. The van der Waals surface area contributed by atoms with Crippen LogP contribution in [0.25, 0.3) is 0 Å². The third-order valence-corrected chi connectivity index (χ3v) is 4.66. The van der Waals surface area contributed by atoms with E-state index in [-0.39, 0.29) is 18.4 Å². The molecule has 0 aliphatic heterocycles. The Morgan fingerprint density at radius 1 is 1.31 bits per heavy atom. The Kier molecular flexibility index (Phi) is 7.94. The van der Waals surface area contributed by atoms with Gasteiger partial charge in [0.15, 0.2) is 0 Å². The highest BCUT2D eigenvalue weighted by Crippen LogP contribution is 2.27. The number of nitrogens with one attached hydrogen (secondary N) is 2. The molecule has 6 heteroatoms. The zero-order valence-electron chi connectivity index (χ0n) is 15.3. The number of amides is 2. The van der Waals surface area contributed by atoms with E-state index in [9.17, 15) is 9.59 Å². The molecule has 1 aromatic carbocycles. The second kappa shape index (κ2) is 10.4. The second-order valence-corrected chi connectivity index (χ2v) is 6.60. The van der Waals surface area contributed by atoms with Crippen molar-refractivity contribution in [3.8, 4) is 11.8 Å². The Labute approximate surface area is 154 Å². The van der Waals surface area contributed by atoms with Crippen LogP contribution in [0.5, 0.6) is 5.75 Å². The van der Waals surface area contributed by atoms with Gasteiger partial charge in [-0.2, -0.15) is 5.26 Å². The van der Waals surface area contributed by atoms with Gasteiger partial charge in [-0.1, -0.05) is 38.2 Å². The van der Waals surface area contributed by atoms with Crippen molar-refractivity contribution in [1.29, 1.82) is 5.26 Å². The maximum absolute atomic E-state index is 12.6. The molecule has 1 atom stereocenters. The van der Waals surface area contributed by atoms with Crippen molar-refractivity contribution >= 4 is 11.8 Å². The first kappa shape index (κ1) is 19.8. The lowest BCUT2D eigenvalue weighted by atomic mass is 9.84. The van der Waals surface area contributed by atoms with Gasteiger partial charge in [-0.15, -0.1) is 0 Å². The minimum Gasteiger partial charge on any atom is -0.494 e. The summed E-state index contributed by atoms with van der Waals surface area (Å²) in [7, 11) is 0. The Balaban J connectivity index is 2.06. The zero-order chi connectivity index (χ0) is 18.8. The smallest absolute Gasteiger partial charge is 0.252 e. The number of carbonyl (C=O) groups excluding carboxylic acids is 2. The average Bonchev–Trinajstić information content (AvgIpc) is 2.67. The highest BCUT2D eigenvalue weighted by Gasteiger charge is 2.26. The maximum Gasteiger partial charge on any atom is 0.252 e. The predicted molar refractivity (Wildman–Crippen MR) is 98.7 cm³/mol. The lowest BCUT2D eigenvalue weighted by Crippen LogP contribution is -2.48. The second-order valence-electron chi connectivity index (χ2n) is 6.60. The molecule has 2 N–H and O–H groups in total. The van der Waals surface area contributed by atoms with Gasteiger partial charge in [0, 0.05) is 5.56 Å². The van der Waals surface area contributed by atoms with Crippen LogP contribution in [0, 0.1) is 17.2 Å². The molecule has 26 heavy (non-hydrogen) atoms. The fourth-order valence-electron chi connectivity index (χ4n) is 3.37.